The highest BCUT2D eigenvalue weighted by Crippen LogP contribution is 1.96. The fraction of sp³-hybridized carbons (Fsp3) is 0.857. The van der Waals surface area contributed by atoms with Crippen molar-refractivity contribution in [2.24, 2.45) is 11.5 Å². The Morgan fingerprint density at radius 1 is 1.64 bits per heavy atom. The van der Waals surface area contributed by atoms with Gasteiger partial charge >= 0.3 is 6.03 Å². The standard InChI is InChI=1S/C7H17N3O/c1-2-6(8)4-3-5-10-7(9)11/h6H,2-5,8H2,1H3,(H3,9,10,11). The third-order valence-corrected chi connectivity index (χ3v) is 1.58. The van der Waals surface area contributed by atoms with E-state index in [2.05, 4.69) is 5.32 Å². The van der Waals surface area contributed by atoms with Gasteiger partial charge in [0.2, 0.25) is 0 Å². The lowest BCUT2D eigenvalue weighted by Crippen LogP contribution is -2.31. The smallest absolute Gasteiger partial charge is 0.312 e. The number of nitrogens with two attached hydrogens (primary N) is 2. The zero-order chi connectivity index (χ0) is 8.69. The summed E-state index contributed by atoms with van der Waals surface area (Å²) in [6, 6.07) is -0.209. The Bertz CT molecular complexity index is 116. The highest BCUT2D eigenvalue weighted by Gasteiger charge is 1.98. The van der Waals surface area contributed by atoms with Crippen molar-refractivity contribution in [1.29, 1.82) is 0 Å². The number of rotatable bonds is 5. The van der Waals surface area contributed by atoms with E-state index in [9.17, 15) is 4.79 Å². The summed E-state index contributed by atoms with van der Waals surface area (Å²) in [5.74, 6) is 0. The number of hydrogen-bond donors (Lipinski definition) is 3. The molecule has 0 aliphatic heterocycles. The number of urea groups is 1. The summed E-state index contributed by atoms with van der Waals surface area (Å²) in [5.41, 5.74) is 10.5. The van der Waals surface area contributed by atoms with Gasteiger partial charge in [-0.05, 0) is 19.3 Å². The van der Waals surface area contributed by atoms with Crippen LogP contribution in [0.15, 0.2) is 0 Å². The molecule has 11 heavy (non-hydrogen) atoms. The van der Waals surface area contributed by atoms with Crippen molar-refractivity contribution in [2.45, 2.75) is 32.2 Å². The Hall–Kier alpha value is -0.770. The van der Waals surface area contributed by atoms with Crippen molar-refractivity contribution in [1.82, 2.24) is 5.32 Å². The summed E-state index contributed by atoms with van der Waals surface area (Å²) in [7, 11) is 0. The molecule has 2 amide bonds. The molecular weight excluding hydrogens is 142 g/mol. The van der Waals surface area contributed by atoms with E-state index in [0.29, 0.717) is 6.54 Å². The molecule has 0 spiro atoms. The number of carbonyl (C=O) groups is 1. The summed E-state index contributed by atoms with van der Waals surface area (Å²) in [6.07, 6.45) is 2.82. The number of amides is 2. The molecule has 0 aromatic heterocycles. The highest BCUT2D eigenvalue weighted by molar-refractivity contribution is 5.71. The second-order valence-corrected chi connectivity index (χ2v) is 2.60. The molecule has 4 nitrogen and oxygen atoms in total. The molecule has 0 aliphatic carbocycles. The van der Waals surface area contributed by atoms with E-state index in [1.54, 1.807) is 0 Å². The van der Waals surface area contributed by atoms with Gasteiger partial charge in [-0.15, -0.1) is 0 Å². The van der Waals surface area contributed by atoms with Gasteiger partial charge in [-0.3, -0.25) is 0 Å². The molecule has 5 N–H and O–H groups in total. The van der Waals surface area contributed by atoms with Crippen molar-refractivity contribution >= 4 is 6.03 Å². The maximum Gasteiger partial charge on any atom is 0.312 e. The normalized spacial score (nSPS) is 12.5. The van der Waals surface area contributed by atoms with E-state index >= 15 is 0 Å². The van der Waals surface area contributed by atoms with Crippen molar-refractivity contribution in [2.75, 3.05) is 6.54 Å². The molecule has 1 unspecified atom stereocenters. The lowest BCUT2D eigenvalue weighted by Gasteiger charge is -2.07. The molecule has 66 valence electrons. The van der Waals surface area contributed by atoms with E-state index < -0.39 is 6.03 Å². The summed E-state index contributed by atoms with van der Waals surface area (Å²) < 4.78 is 0. The molecule has 0 aromatic carbocycles. The van der Waals surface area contributed by atoms with Crippen LogP contribution in [-0.4, -0.2) is 18.6 Å². The maximum absolute atomic E-state index is 10.2. The van der Waals surface area contributed by atoms with E-state index in [1.807, 2.05) is 6.92 Å². The van der Waals surface area contributed by atoms with Gasteiger partial charge in [0.25, 0.3) is 0 Å². The number of carbonyl (C=O) groups excluding carboxylic acids is 1. The van der Waals surface area contributed by atoms with E-state index in [1.165, 1.54) is 0 Å². The zero-order valence-electron chi connectivity index (χ0n) is 6.97. The van der Waals surface area contributed by atoms with Crippen molar-refractivity contribution in [3.8, 4) is 0 Å². The Balaban J connectivity index is 3.08. The predicted molar refractivity (Wildman–Crippen MR) is 45.1 cm³/mol. The predicted octanol–water partition coefficient (Wildman–Crippen LogP) is 0.172. The lowest BCUT2D eigenvalue weighted by atomic mass is 10.1. The molecule has 4 heteroatoms. The zero-order valence-corrected chi connectivity index (χ0v) is 6.97. The van der Waals surface area contributed by atoms with Crippen LogP contribution in [0.4, 0.5) is 4.79 Å². The van der Waals surface area contributed by atoms with Gasteiger partial charge in [-0.1, -0.05) is 6.92 Å². The van der Waals surface area contributed by atoms with Crippen LogP contribution < -0.4 is 16.8 Å². The van der Waals surface area contributed by atoms with Gasteiger partial charge < -0.3 is 16.8 Å². The quantitative estimate of drug-likeness (QED) is 0.500. The topological polar surface area (TPSA) is 81.1 Å². The second-order valence-electron chi connectivity index (χ2n) is 2.60. The molecule has 0 radical (unpaired) electrons. The van der Waals surface area contributed by atoms with E-state index in [-0.39, 0.29) is 6.04 Å². The van der Waals surface area contributed by atoms with Crippen LogP contribution in [-0.2, 0) is 0 Å². The summed E-state index contributed by atoms with van der Waals surface area (Å²) in [4.78, 5) is 10.2. The van der Waals surface area contributed by atoms with Crippen LogP contribution in [0.1, 0.15) is 26.2 Å². The van der Waals surface area contributed by atoms with E-state index in [4.69, 9.17) is 11.5 Å². The fourth-order valence-electron chi connectivity index (χ4n) is 0.780. The summed E-state index contributed by atoms with van der Waals surface area (Å²) in [5, 5.41) is 2.51. The van der Waals surface area contributed by atoms with Gasteiger partial charge in [0.05, 0.1) is 0 Å². The number of primary amides is 1. The van der Waals surface area contributed by atoms with Gasteiger partial charge in [-0.2, -0.15) is 0 Å². The first kappa shape index (κ1) is 10.2. The SMILES string of the molecule is CCC(N)CCCNC(N)=O. The maximum atomic E-state index is 10.2. The average Bonchev–Trinajstić information content (AvgIpc) is 1.97. The minimum absolute atomic E-state index is 0.254. The Morgan fingerprint density at radius 2 is 2.27 bits per heavy atom. The Labute approximate surface area is 67.3 Å². The van der Waals surface area contributed by atoms with Crippen LogP contribution in [0, 0.1) is 0 Å². The van der Waals surface area contributed by atoms with Crippen LogP contribution >= 0.6 is 0 Å². The van der Waals surface area contributed by atoms with Crippen molar-refractivity contribution in [3.05, 3.63) is 0 Å². The van der Waals surface area contributed by atoms with Crippen LogP contribution in [0.3, 0.4) is 0 Å². The van der Waals surface area contributed by atoms with E-state index in [0.717, 1.165) is 19.3 Å². The molecule has 0 saturated carbocycles. The number of hydrogen-bond acceptors (Lipinski definition) is 2. The average molecular weight is 159 g/mol. The van der Waals surface area contributed by atoms with Gasteiger partial charge in [0, 0.05) is 12.6 Å². The Kier molecular flexibility index (Phi) is 5.56. The summed E-state index contributed by atoms with van der Waals surface area (Å²) >= 11 is 0. The van der Waals surface area contributed by atoms with Gasteiger partial charge in [-0.25, -0.2) is 4.79 Å². The summed E-state index contributed by atoms with van der Waals surface area (Å²) in [6.45, 7) is 2.68. The molecule has 0 saturated heterocycles. The molecule has 0 aliphatic rings. The van der Waals surface area contributed by atoms with Crippen LogP contribution in [0.5, 0.6) is 0 Å². The lowest BCUT2D eigenvalue weighted by molar-refractivity contribution is 0.248. The molecule has 0 rings (SSSR count). The molecule has 0 heterocycles. The van der Waals surface area contributed by atoms with Crippen molar-refractivity contribution in [3.63, 3.8) is 0 Å². The largest absolute Gasteiger partial charge is 0.352 e. The molecule has 0 fully saturated rings. The van der Waals surface area contributed by atoms with Crippen LogP contribution in [0.25, 0.3) is 0 Å². The molecule has 0 aromatic rings. The molecule has 0 bridgehead atoms. The second kappa shape index (κ2) is 5.97. The van der Waals surface area contributed by atoms with Crippen molar-refractivity contribution < 1.29 is 4.79 Å². The van der Waals surface area contributed by atoms with Gasteiger partial charge in [0.1, 0.15) is 0 Å². The Morgan fingerprint density at radius 3 is 2.73 bits per heavy atom. The van der Waals surface area contributed by atoms with Crippen LogP contribution in [0.2, 0.25) is 0 Å². The number of nitrogens with one attached hydrogen (secondary N) is 1. The minimum atomic E-state index is -0.463. The first-order chi connectivity index (χ1) is 5.16. The molecular formula is C7H17N3O. The highest BCUT2D eigenvalue weighted by atomic mass is 16.2. The van der Waals surface area contributed by atoms with Gasteiger partial charge in [0.15, 0.2) is 0 Å². The third kappa shape index (κ3) is 7.12. The first-order valence-electron chi connectivity index (χ1n) is 3.95. The minimum Gasteiger partial charge on any atom is -0.352 e. The monoisotopic (exact) mass is 159 g/mol. The first-order valence-corrected chi connectivity index (χ1v) is 3.95. The third-order valence-electron chi connectivity index (χ3n) is 1.58. The fourth-order valence-corrected chi connectivity index (χ4v) is 0.780. The molecule has 1 atom stereocenters.